The molecule has 1 nitrogen and oxygen atoms in total. The van der Waals surface area contributed by atoms with Crippen molar-refractivity contribution in [2.24, 2.45) is 0 Å². The van der Waals surface area contributed by atoms with Crippen LogP contribution in [0.3, 0.4) is 0 Å². The second-order valence-corrected chi connectivity index (χ2v) is 5.71. The predicted molar refractivity (Wildman–Crippen MR) is 78.0 cm³/mol. The van der Waals surface area contributed by atoms with Crippen molar-refractivity contribution in [3.8, 4) is 5.75 Å². The molecule has 1 aromatic carbocycles. The van der Waals surface area contributed by atoms with E-state index in [9.17, 15) is 4.39 Å². The first kappa shape index (κ1) is 15.8. The Balaban J connectivity index is 2.71. The van der Waals surface area contributed by atoms with Gasteiger partial charge in [-0.25, -0.2) is 4.39 Å². The summed E-state index contributed by atoms with van der Waals surface area (Å²) in [5, 5.41) is -0.131. The average Bonchev–Trinajstić information content (AvgIpc) is 2.37. The summed E-state index contributed by atoms with van der Waals surface area (Å²) < 4.78 is 19.0. The van der Waals surface area contributed by atoms with Gasteiger partial charge in [0.2, 0.25) is 0 Å². The fourth-order valence-corrected chi connectivity index (χ4v) is 2.56. The third-order valence-corrected chi connectivity index (χ3v) is 3.98. The van der Waals surface area contributed by atoms with Gasteiger partial charge >= 0.3 is 0 Å². The number of hydrogen-bond donors (Lipinski definition) is 0. The highest BCUT2D eigenvalue weighted by molar-refractivity contribution is 9.10. The van der Waals surface area contributed by atoms with Crippen LogP contribution in [0.2, 0.25) is 0 Å². The van der Waals surface area contributed by atoms with Crippen LogP contribution in [0.5, 0.6) is 5.75 Å². The highest BCUT2D eigenvalue weighted by atomic mass is 79.9. The summed E-state index contributed by atoms with van der Waals surface area (Å²) in [6.45, 7) is 2.18. The van der Waals surface area contributed by atoms with Crippen LogP contribution in [-0.2, 0) is 0 Å². The van der Waals surface area contributed by atoms with Gasteiger partial charge in [0, 0.05) is 11.6 Å². The van der Waals surface area contributed by atoms with Gasteiger partial charge in [-0.05, 0) is 28.4 Å². The van der Waals surface area contributed by atoms with E-state index in [1.807, 2.05) is 0 Å². The minimum absolute atomic E-state index is 0.131. The molecule has 0 spiro atoms. The topological polar surface area (TPSA) is 9.23 Å². The molecule has 102 valence electrons. The van der Waals surface area contributed by atoms with Crippen LogP contribution < -0.4 is 4.74 Å². The number of ether oxygens (including phenoxy) is 1. The number of methoxy groups -OCH3 is 1. The van der Waals surface area contributed by atoms with Crippen LogP contribution in [-0.4, -0.2) is 7.11 Å². The third kappa shape index (κ3) is 4.43. The normalized spacial score (nSPS) is 12.5. The zero-order chi connectivity index (χ0) is 13.5. The molecule has 0 N–H and O–H groups in total. The summed E-state index contributed by atoms with van der Waals surface area (Å²) in [4.78, 5) is 0. The van der Waals surface area contributed by atoms with E-state index in [2.05, 4.69) is 22.9 Å². The molecule has 0 aromatic heterocycles. The van der Waals surface area contributed by atoms with Crippen LogP contribution in [0.1, 0.15) is 50.0 Å². The standard InChI is InChI=1S/C14H19BrClFO/c1-3-4-5-6-7-12(16)10-8-11(15)13(17)9-14(10)18-2/h8-9,12H,3-7H2,1-2H3. The first-order valence-electron chi connectivity index (χ1n) is 6.27. The summed E-state index contributed by atoms with van der Waals surface area (Å²) in [6, 6.07) is 3.09. The number of benzene rings is 1. The van der Waals surface area contributed by atoms with E-state index in [0.717, 1.165) is 18.4 Å². The summed E-state index contributed by atoms with van der Waals surface area (Å²) in [7, 11) is 1.53. The number of unbranched alkanes of at least 4 members (excludes halogenated alkanes) is 3. The Morgan fingerprint density at radius 3 is 2.67 bits per heavy atom. The van der Waals surface area contributed by atoms with E-state index in [1.165, 1.54) is 32.4 Å². The van der Waals surface area contributed by atoms with Gasteiger partial charge < -0.3 is 4.74 Å². The second-order valence-electron chi connectivity index (χ2n) is 4.33. The summed E-state index contributed by atoms with van der Waals surface area (Å²) >= 11 is 9.55. The van der Waals surface area contributed by atoms with E-state index in [0.29, 0.717) is 10.2 Å². The molecule has 4 heteroatoms. The van der Waals surface area contributed by atoms with Crippen molar-refractivity contribution in [3.63, 3.8) is 0 Å². The summed E-state index contributed by atoms with van der Waals surface area (Å²) in [6.07, 6.45) is 5.59. The third-order valence-electron chi connectivity index (χ3n) is 2.92. The van der Waals surface area contributed by atoms with Crippen LogP contribution >= 0.6 is 27.5 Å². The fraction of sp³-hybridized carbons (Fsp3) is 0.571. The number of alkyl halides is 1. The molecule has 1 atom stereocenters. The lowest BCUT2D eigenvalue weighted by Crippen LogP contribution is -1.98. The Kier molecular flexibility index (Phi) is 7.02. The van der Waals surface area contributed by atoms with E-state index in [4.69, 9.17) is 16.3 Å². The number of halogens is 3. The lowest BCUT2D eigenvalue weighted by atomic mass is 10.0. The molecule has 0 amide bonds. The van der Waals surface area contributed by atoms with Crippen molar-refractivity contribution >= 4 is 27.5 Å². The minimum Gasteiger partial charge on any atom is -0.496 e. The van der Waals surface area contributed by atoms with Gasteiger partial charge in [0.25, 0.3) is 0 Å². The lowest BCUT2D eigenvalue weighted by Gasteiger charge is -2.15. The van der Waals surface area contributed by atoms with Crippen LogP contribution in [0.25, 0.3) is 0 Å². The largest absolute Gasteiger partial charge is 0.496 e. The van der Waals surface area contributed by atoms with Gasteiger partial charge in [0.1, 0.15) is 11.6 Å². The van der Waals surface area contributed by atoms with Crippen molar-refractivity contribution in [2.75, 3.05) is 7.11 Å². The molecule has 0 heterocycles. The lowest BCUT2D eigenvalue weighted by molar-refractivity contribution is 0.404. The van der Waals surface area contributed by atoms with Gasteiger partial charge in [-0.15, -0.1) is 11.6 Å². The van der Waals surface area contributed by atoms with Crippen LogP contribution in [0.4, 0.5) is 4.39 Å². The minimum atomic E-state index is -0.328. The van der Waals surface area contributed by atoms with Gasteiger partial charge in [-0.2, -0.15) is 0 Å². The van der Waals surface area contributed by atoms with Crippen molar-refractivity contribution in [1.29, 1.82) is 0 Å². The first-order chi connectivity index (χ1) is 8.60. The quantitative estimate of drug-likeness (QED) is 0.448. The molecule has 0 saturated heterocycles. The average molecular weight is 338 g/mol. The Morgan fingerprint density at radius 2 is 2.06 bits per heavy atom. The molecule has 1 rings (SSSR count). The maximum Gasteiger partial charge on any atom is 0.141 e. The van der Waals surface area contributed by atoms with Gasteiger partial charge in [-0.3, -0.25) is 0 Å². The Hall–Kier alpha value is -0.280. The van der Waals surface area contributed by atoms with Gasteiger partial charge in [0.05, 0.1) is 17.0 Å². The van der Waals surface area contributed by atoms with E-state index in [-0.39, 0.29) is 11.2 Å². The molecule has 0 bridgehead atoms. The van der Waals surface area contributed by atoms with Crippen molar-refractivity contribution < 1.29 is 9.13 Å². The predicted octanol–water partition coefficient (Wildman–Crippen LogP) is 5.85. The Bertz CT molecular complexity index is 384. The Morgan fingerprint density at radius 1 is 1.33 bits per heavy atom. The number of rotatable bonds is 7. The molecule has 1 unspecified atom stereocenters. The highest BCUT2D eigenvalue weighted by Gasteiger charge is 2.16. The fourth-order valence-electron chi connectivity index (χ4n) is 1.87. The molecular formula is C14H19BrClFO. The van der Waals surface area contributed by atoms with Crippen LogP contribution in [0, 0.1) is 5.82 Å². The molecule has 18 heavy (non-hydrogen) atoms. The van der Waals surface area contributed by atoms with Gasteiger partial charge in [-0.1, -0.05) is 32.6 Å². The summed E-state index contributed by atoms with van der Waals surface area (Å²) in [5.41, 5.74) is 0.851. The van der Waals surface area contributed by atoms with Gasteiger partial charge in [0.15, 0.2) is 0 Å². The smallest absolute Gasteiger partial charge is 0.141 e. The second kappa shape index (κ2) is 8.00. The SMILES string of the molecule is CCCCCCC(Cl)c1cc(Br)c(F)cc1OC. The van der Waals surface area contributed by atoms with E-state index in [1.54, 1.807) is 6.07 Å². The van der Waals surface area contributed by atoms with E-state index < -0.39 is 0 Å². The molecule has 0 aliphatic heterocycles. The molecule has 0 saturated carbocycles. The van der Waals surface area contributed by atoms with Crippen molar-refractivity contribution in [2.45, 2.75) is 44.4 Å². The van der Waals surface area contributed by atoms with Crippen molar-refractivity contribution in [1.82, 2.24) is 0 Å². The van der Waals surface area contributed by atoms with Crippen molar-refractivity contribution in [3.05, 3.63) is 28.0 Å². The molecule has 0 aliphatic rings. The molecular weight excluding hydrogens is 319 g/mol. The molecule has 0 aliphatic carbocycles. The van der Waals surface area contributed by atoms with Crippen LogP contribution in [0.15, 0.2) is 16.6 Å². The monoisotopic (exact) mass is 336 g/mol. The maximum atomic E-state index is 13.4. The maximum absolute atomic E-state index is 13.4. The van der Waals surface area contributed by atoms with E-state index >= 15 is 0 Å². The zero-order valence-corrected chi connectivity index (χ0v) is 13.2. The molecule has 0 radical (unpaired) electrons. The number of hydrogen-bond acceptors (Lipinski definition) is 1. The molecule has 0 fully saturated rings. The Labute approximate surface area is 122 Å². The molecule has 1 aromatic rings. The summed E-state index contributed by atoms with van der Waals surface area (Å²) in [5.74, 6) is 0.191. The first-order valence-corrected chi connectivity index (χ1v) is 7.50. The zero-order valence-electron chi connectivity index (χ0n) is 10.8. The highest BCUT2D eigenvalue weighted by Crippen LogP contribution is 2.36.